The summed E-state index contributed by atoms with van der Waals surface area (Å²) >= 11 is 0. The molecule has 2 aromatic heterocycles. The highest BCUT2D eigenvalue weighted by Gasteiger charge is 2.18. The molecule has 0 aliphatic heterocycles. The van der Waals surface area contributed by atoms with Crippen molar-refractivity contribution in [1.29, 1.82) is 0 Å². The van der Waals surface area contributed by atoms with Gasteiger partial charge in [-0.15, -0.1) is 0 Å². The summed E-state index contributed by atoms with van der Waals surface area (Å²) in [6, 6.07) is 22.5. The summed E-state index contributed by atoms with van der Waals surface area (Å²) in [5.74, 6) is 0.765. The molecule has 218 valence electrons. The van der Waals surface area contributed by atoms with Gasteiger partial charge in [0.1, 0.15) is 11.5 Å². The van der Waals surface area contributed by atoms with Crippen LogP contribution in [0.4, 0.5) is 11.4 Å². The summed E-state index contributed by atoms with van der Waals surface area (Å²) in [4.78, 5) is 39.9. The van der Waals surface area contributed by atoms with E-state index in [0.717, 1.165) is 33.4 Å². The quantitative estimate of drug-likeness (QED) is 0.181. The number of methoxy groups -OCH3 is 1. The highest BCUT2D eigenvalue weighted by molar-refractivity contribution is 6.05. The normalized spacial score (nSPS) is 11.3. The largest absolute Gasteiger partial charge is 0.493 e. The Morgan fingerprint density at radius 3 is 2.53 bits per heavy atom. The highest BCUT2D eigenvalue weighted by Crippen LogP contribution is 2.36. The van der Waals surface area contributed by atoms with Crippen LogP contribution in [0.5, 0.6) is 5.75 Å². The van der Waals surface area contributed by atoms with Gasteiger partial charge in [0.2, 0.25) is 5.91 Å². The molecular formula is C34H34N6O3. The Balaban J connectivity index is 1.28. The predicted molar refractivity (Wildman–Crippen MR) is 171 cm³/mol. The number of amides is 2. The number of carbonyl (C=O) groups excluding carboxylic acids is 2. The van der Waals surface area contributed by atoms with Crippen LogP contribution >= 0.6 is 0 Å². The minimum atomic E-state index is -0.251. The molecule has 0 fully saturated rings. The van der Waals surface area contributed by atoms with Crippen LogP contribution in [0, 0.1) is 6.92 Å². The number of ether oxygens (including phenoxy) is 1. The maximum Gasteiger partial charge on any atom is 0.255 e. The van der Waals surface area contributed by atoms with Gasteiger partial charge in [0.15, 0.2) is 5.75 Å². The molecule has 2 amide bonds. The molecule has 0 bridgehead atoms. The molecule has 5 aromatic rings. The van der Waals surface area contributed by atoms with Crippen LogP contribution in [0.1, 0.15) is 27.4 Å². The van der Waals surface area contributed by atoms with Gasteiger partial charge >= 0.3 is 0 Å². The standard InChI is InChI=1S/C34H34N6O3/c1-22-32(27-11-5-6-12-28(27)36-22)33-29(43-4)21-35-30(39-33)20-23-9-7-10-26(19-23)38-34(42)24-14-16-25(17-15-24)37-31(41)13-8-18-40(2)3/h5-17,19,21,36H,18,20H2,1-4H3,(H,37,41)(H,38,42)/b13-8+. The van der Waals surface area contributed by atoms with Crippen molar-refractivity contribution in [3.8, 4) is 17.0 Å². The zero-order valence-corrected chi connectivity index (χ0v) is 24.6. The summed E-state index contributed by atoms with van der Waals surface area (Å²) in [5.41, 5.74) is 6.45. The predicted octanol–water partition coefficient (Wildman–Crippen LogP) is 5.84. The molecule has 43 heavy (non-hydrogen) atoms. The fraction of sp³-hybridized carbons (Fsp3) is 0.176. The van der Waals surface area contributed by atoms with Crippen LogP contribution in [-0.2, 0) is 11.2 Å². The first-order valence-electron chi connectivity index (χ1n) is 13.9. The van der Waals surface area contributed by atoms with E-state index >= 15 is 0 Å². The van der Waals surface area contributed by atoms with Crippen molar-refractivity contribution >= 4 is 34.1 Å². The maximum absolute atomic E-state index is 13.0. The van der Waals surface area contributed by atoms with Crippen molar-refractivity contribution in [3.05, 3.63) is 114 Å². The van der Waals surface area contributed by atoms with Crippen molar-refractivity contribution in [2.45, 2.75) is 13.3 Å². The second-order valence-electron chi connectivity index (χ2n) is 10.4. The molecule has 3 aromatic carbocycles. The first kappa shape index (κ1) is 29.2. The number of nitrogens with zero attached hydrogens (tertiary/aromatic N) is 3. The van der Waals surface area contributed by atoms with Gasteiger partial charge < -0.3 is 25.3 Å². The fourth-order valence-electron chi connectivity index (χ4n) is 4.81. The zero-order chi connectivity index (χ0) is 30.3. The number of likely N-dealkylation sites (N-methyl/N-ethyl adjacent to an activating group) is 1. The summed E-state index contributed by atoms with van der Waals surface area (Å²) in [7, 11) is 5.48. The number of para-hydroxylation sites is 1. The molecule has 9 heteroatoms. The zero-order valence-electron chi connectivity index (χ0n) is 24.6. The van der Waals surface area contributed by atoms with Crippen LogP contribution in [0.2, 0.25) is 0 Å². The molecule has 5 rings (SSSR count). The van der Waals surface area contributed by atoms with E-state index in [4.69, 9.17) is 9.72 Å². The number of hydrogen-bond donors (Lipinski definition) is 3. The topological polar surface area (TPSA) is 112 Å². The van der Waals surface area contributed by atoms with E-state index < -0.39 is 0 Å². The summed E-state index contributed by atoms with van der Waals surface area (Å²) in [6.07, 6.45) is 5.46. The first-order chi connectivity index (χ1) is 20.8. The average Bonchev–Trinajstić information content (AvgIpc) is 3.33. The third-order valence-corrected chi connectivity index (χ3v) is 6.86. The van der Waals surface area contributed by atoms with Crippen LogP contribution in [0.15, 0.2) is 91.1 Å². The lowest BCUT2D eigenvalue weighted by atomic mass is 10.1. The van der Waals surface area contributed by atoms with E-state index in [9.17, 15) is 9.59 Å². The minimum absolute atomic E-state index is 0.222. The Morgan fingerprint density at radius 2 is 1.77 bits per heavy atom. The van der Waals surface area contributed by atoms with Gasteiger partial charge in [-0.1, -0.05) is 36.4 Å². The van der Waals surface area contributed by atoms with Crippen molar-refractivity contribution in [1.82, 2.24) is 19.9 Å². The Morgan fingerprint density at radius 1 is 0.977 bits per heavy atom. The van der Waals surface area contributed by atoms with Crippen LogP contribution in [0.3, 0.4) is 0 Å². The number of benzene rings is 3. The van der Waals surface area contributed by atoms with Gasteiger partial charge in [-0.2, -0.15) is 0 Å². The Labute approximate surface area is 250 Å². The van der Waals surface area contributed by atoms with Gasteiger partial charge in [-0.05, 0) is 69.0 Å². The Hall–Kier alpha value is -5.28. The number of aryl methyl sites for hydroxylation is 1. The molecule has 0 spiro atoms. The molecule has 2 heterocycles. The van der Waals surface area contributed by atoms with Crippen molar-refractivity contribution < 1.29 is 14.3 Å². The number of hydrogen-bond acceptors (Lipinski definition) is 6. The van der Waals surface area contributed by atoms with Crippen molar-refractivity contribution in [2.75, 3.05) is 38.4 Å². The summed E-state index contributed by atoms with van der Waals surface area (Å²) in [5, 5.41) is 6.82. The summed E-state index contributed by atoms with van der Waals surface area (Å²) < 4.78 is 5.62. The number of aromatic amines is 1. The van der Waals surface area contributed by atoms with Crippen molar-refractivity contribution in [2.24, 2.45) is 0 Å². The lowest BCUT2D eigenvalue weighted by Crippen LogP contribution is -2.14. The van der Waals surface area contributed by atoms with E-state index in [1.54, 1.807) is 43.6 Å². The van der Waals surface area contributed by atoms with Gasteiger partial charge in [-0.3, -0.25) is 9.59 Å². The van der Waals surface area contributed by atoms with E-state index in [-0.39, 0.29) is 11.8 Å². The molecule has 9 nitrogen and oxygen atoms in total. The van der Waals surface area contributed by atoms with E-state index in [2.05, 4.69) is 26.7 Å². The first-order valence-corrected chi connectivity index (χ1v) is 13.9. The molecule has 0 radical (unpaired) electrons. The Kier molecular flexibility index (Phi) is 8.93. The number of H-pyrrole nitrogens is 1. The highest BCUT2D eigenvalue weighted by atomic mass is 16.5. The monoisotopic (exact) mass is 574 g/mol. The fourth-order valence-corrected chi connectivity index (χ4v) is 4.81. The second kappa shape index (κ2) is 13.1. The molecule has 0 saturated carbocycles. The van der Waals surface area contributed by atoms with E-state index in [0.29, 0.717) is 41.5 Å². The second-order valence-corrected chi connectivity index (χ2v) is 10.4. The number of nitrogens with one attached hydrogen (secondary N) is 3. The number of rotatable bonds is 10. The number of aromatic nitrogens is 3. The van der Waals surface area contributed by atoms with Crippen LogP contribution in [0.25, 0.3) is 22.2 Å². The average molecular weight is 575 g/mol. The van der Waals surface area contributed by atoms with Gasteiger partial charge in [-0.25, -0.2) is 9.97 Å². The van der Waals surface area contributed by atoms with Gasteiger partial charge in [0, 0.05) is 58.1 Å². The number of anilines is 2. The number of carbonyl (C=O) groups is 2. The summed E-state index contributed by atoms with van der Waals surface area (Å²) in [6.45, 7) is 2.70. The third-order valence-electron chi connectivity index (χ3n) is 6.86. The third kappa shape index (κ3) is 7.14. The molecule has 0 aliphatic rings. The molecule has 3 N–H and O–H groups in total. The minimum Gasteiger partial charge on any atom is -0.493 e. The molecule has 0 atom stereocenters. The smallest absolute Gasteiger partial charge is 0.255 e. The van der Waals surface area contributed by atoms with Crippen molar-refractivity contribution in [3.63, 3.8) is 0 Å². The van der Waals surface area contributed by atoms with Crippen LogP contribution < -0.4 is 15.4 Å². The molecule has 0 unspecified atom stereocenters. The molecule has 0 saturated heterocycles. The van der Waals surface area contributed by atoms with E-state index in [1.807, 2.05) is 68.4 Å². The lowest BCUT2D eigenvalue weighted by Gasteiger charge is -2.11. The Bertz CT molecular complexity index is 1790. The lowest BCUT2D eigenvalue weighted by molar-refractivity contribution is -0.111. The van der Waals surface area contributed by atoms with Gasteiger partial charge in [0.25, 0.3) is 5.91 Å². The van der Waals surface area contributed by atoms with E-state index in [1.165, 1.54) is 6.08 Å². The van der Waals surface area contributed by atoms with Crippen LogP contribution in [-0.4, -0.2) is 59.4 Å². The molecular weight excluding hydrogens is 540 g/mol. The SMILES string of the molecule is COc1cnc(Cc2cccc(NC(=O)c3ccc(NC(=O)/C=C/CN(C)C)cc3)c2)nc1-c1c(C)[nH]c2ccccc12. The number of fused-ring (bicyclic) bond motifs is 1. The van der Waals surface area contributed by atoms with Gasteiger partial charge in [0.05, 0.1) is 13.3 Å². The maximum atomic E-state index is 13.0. The molecule has 0 aliphatic carbocycles.